The minimum absolute atomic E-state index is 0.0122. The van der Waals surface area contributed by atoms with E-state index in [0.717, 1.165) is 29.5 Å². The number of nitro groups is 1. The first-order valence-corrected chi connectivity index (χ1v) is 6.99. The number of hydrogen-bond donors (Lipinski definition) is 0. The summed E-state index contributed by atoms with van der Waals surface area (Å²) >= 11 is 0. The van der Waals surface area contributed by atoms with Gasteiger partial charge in [0, 0.05) is 12.1 Å². The lowest BCUT2D eigenvalue weighted by Crippen LogP contribution is -2.33. The van der Waals surface area contributed by atoms with Crippen LogP contribution in [0.25, 0.3) is 0 Å². The van der Waals surface area contributed by atoms with Gasteiger partial charge in [-0.3, -0.25) is 19.7 Å². The summed E-state index contributed by atoms with van der Waals surface area (Å²) < 4.78 is 14.0. The highest BCUT2D eigenvalue weighted by atomic mass is 19.1. The van der Waals surface area contributed by atoms with Crippen LogP contribution in [0, 0.1) is 39.6 Å². The summed E-state index contributed by atoms with van der Waals surface area (Å²) in [6.07, 6.45) is 4.65. The van der Waals surface area contributed by atoms with Gasteiger partial charge >= 0.3 is 0 Å². The van der Waals surface area contributed by atoms with Crippen molar-refractivity contribution in [3.63, 3.8) is 0 Å². The maximum Gasteiger partial charge on any atom is 0.271 e. The summed E-state index contributed by atoms with van der Waals surface area (Å²) in [6, 6.07) is 2.87. The van der Waals surface area contributed by atoms with Crippen molar-refractivity contribution in [3.8, 4) is 0 Å². The fourth-order valence-corrected chi connectivity index (χ4v) is 3.93. The highest BCUT2D eigenvalue weighted by Crippen LogP contribution is 2.53. The second-order valence-corrected chi connectivity index (χ2v) is 5.90. The summed E-state index contributed by atoms with van der Waals surface area (Å²) in [5.74, 6) is -2.61. The molecular weight excluding hydrogens is 291 g/mol. The van der Waals surface area contributed by atoms with Gasteiger partial charge in [0.05, 0.1) is 22.4 Å². The summed E-state index contributed by atoms with van der Waals surface area (Å²) in [7, 11) is 0. The van der Waals surface area contributed by atoms with E-state index >= 15 is 0 Å². The maximum atomic E-state index is 14.0. The van der Waals surface area contributed by atoms with Crippen LogP contribution in [0.2, 0.25) is 0 Å². The van der Waals surface area contributed by atoms with Crippen LogP contribution in [-0.2, 0) is 9.59 Å². The number of fused-ring (bicyclic) bond motifs is 5. The first-order chi connectivity index (χ1) is 10.5. The van der Waals surface area contributed by atoms with Crippen LogP contribution in [-0.4, -0.2) is 16.7 Å². The Hall–Kier alpha value is -2.57. The zero-order valence-electron chi connectivity index (χ0n) is 11.3. The lowest BCUT2D eigenvalue weighted by molar-refractivity contribution is -0.384. The number of amides is 2. The summed E-state index contributed by atoms with van der Waals surface area (Å²) in [6.45, 7) is 0. The largest absolute Gasteiger partial charge is 0.274 e. The van der Waals surface area contributed by atoms with Gasteiger partial charge in [-0.2, -0.15) is 0 Å². The Morgan fingerprint density at radius 2 is 1.73 bits per heavy atom. The molecule has 22 heavy (non-hydrogen) atoms. The molecule has 112 valence electrons. The van der Waals surface area contributed by atoms with Crippen molar-refractivity contribution < 1.29 is 18.9 Å². The van der Waals surface area contributed by atoms with Crippen LogP contribution in [0.1, 0.15) is 6.42 Å². The lowest BCUT2D eigenvalue weighted by Gasteiger charge is -2.17. The van der Waals surface area contributed by atoms with Crippen LogP contribution >= 0.6 is 0 Å². The molecule has 1 aliphatic heterocycles. The number of nitro benzene ring substituents is 1. The Kier molecular flexibility index (Phi) is 2.52. The number of nitrogens with zero attached hydrogens (tertiary/aromatic N) is 2. The molecule has 2 fully saturated rings. The van der Waals surface area contributed by atoms with Crippen LogP contribution in [0.15, 0.2) is 30.4 Å². The van der Waals surface area contributed by atoms with E-state index in [-0.39, 0.29) is 23.2 Å². The van der Waals surface area contributed by atoms with E-state index in [2.05, 4.69) is 0 Å². The van der Waals surface area contributed by atoms with Gasteiger partial charge in [0.2, 0.25) is 11.8 Å². The Balaban J connectivity index is 1.79. The molecule has 3 aliphatic rings. The van der Waals surface area contributed by atoms with Gasteiger partial charge < -0.3 is 0 Å². The highest BCUT2D eigenvalue weighted by molar-refractivity contribution is 6.23. The van der Waals surface area contributed by atoms with E-state index in [0.29, 0.717) is 0 Å². The molecule has 2 aliphatic carbocycles. The van der Waals surface area contributed by atoms with Gasteiger partial charge in [0.25, 0.3) is 5.69 Å². The predicted octanol–water partition coefficient (Wildman–Crippen LogP) is 2.05. The second kappa shape index (κ2) is 4.22. The standard InChI is InChI=1S/C15H11FN2O4/c16-10-4-3-9(18(21)22)6-11(10)17-14(19)12-7-1-2-8(5-7)13(12)15(17)20/h1-4,6-8,12-13H,5H2/t7-,8-,12-,13+/m1/s1. The first-order valence-electron chi connectivity index (χ1n) is 6.99. The fourth-order valence-electron chi connectivity index (χ4n) is 3.93. The molecule has 6 nitrogen and oxygen atoms in total. The van der Waals surface area contributed by atoms with Gasteiger partial charge in [-0.05, 0) is 24.3 Å². The number of hydrogen-bond acceptors (Lipinski definition) is 4. The molecule has 0 aromatic heterocycles. The van der Waals surface area contributed by atoms with Crippen molar-refractivity contribution >= 4 is 23.2 Å². The van der Waals surface area contributed by atoms with Crippen molar-refractivity contribution in [2.75, 3.05) is 4.90 Å². The minimum Gasteiger partial charge on any atom is -0.274 e. The van der Waals surface area contributed by atoms with Gasteiger partial charge in [-0.15, -0.1) is 0 Å². The molecule has 0 unspecified atom stereocenters. The van der Waals surface area contributed by atoms with E-state index in [9.17, 15) is 24.1 Å². The summed E-state index contributed by atoms with van der Waals surface area (Å²) in [5.41, 5.74) is -0.673. The molecule has 0 N–H and O–H groups in total. The van der Waals surface area contributed by atoms with Crippen LogP contribution in [0.3, 0.4) is 0 Å². The number of imide groups is 1. The molecule has 4 atom stereocenters. The molecule has 2 bridgehead atoms. The van der Waals surface area contributed by atoms with Crippen molar-refractivity contribution in [2.45, 2.75) is 6.42 Å². The molecule has 0 radical (unpaired) electrons. The highest BCUT2D eigenvalue weighted by Gasteiger charge is 2.60. The summed E-state index contributed by atoms with van der Waals surface area (Å²) in [5, 5.41) is 10.8. The molecule has 1 aromatic rings. The molecular formula is C15H11FN2O4. The number of rotatable bonds is 2. The topological polar surface area (TPSA) is 80.5 Å². The Bertz CT molecular complexity index is 730. The van der Waals surface area contributed by atoms with Crippen LogP contribution < -0.4 is 4.90 Å². The number of non-ortho nitro benzene ring substituents is 1. The molecule has 0 spiro atoms. The molecule has 1 heterocycles. The number of benzene rings is 1. The van der Waals surface area contributed by atoms with Crippen molar-refractivity contribution in [1.82, 2.24) is 0 Å². The van der Waals surface area contributed by atoms with Gasteiger partial charge in [-0.25, -0.2) is 9.29 Å². The predicted molar refractivity (Wildman–Crippen MR) is 73.3 cm³/mol. The number of carbonyl (C=O) groups is 2. The number of anilines is 1. The van der Waals surface area contributed by atoms with E-state index in [4.69, 9.17) is 0 Å². The van der Waals surface area contributed by atoms with Crippen molar-refractivity contribution in [3.05, 3.63) is 46.3 Å². The van der Waals surface area contributed by atoms with Crippen molar-refractivity contribution in [2.24, 2.45) is 23.7 Å². The number of halogens is 1. The minimum atomic E-state index is -0.812. The van der Waals surface area contributed by atoms with E-state index in [1.165, 1.54) is 0 Å². The van der Waals surface area contributed by atoms with Gasteiger partial charge in [0.1, 0.15) is 5.82 Å². The Morgan fingerprint density at radius 1 is 1.14 bits per heavy atom. The molecule has 1 saturated heterocycles. The normalized spacial score (nSPS) is 32.0. The van der Waals surface area contributed by atoms with E-state index in [1.54, 1.807) is 0 Å². The van der Waals surface area contributed by atoms with Gasteiger partial charge in [0.15, 0.2) is 0 Å². The molecule has 1 saturated carbocycles. The molecule has 7 heteroatoms. The lowest BCUT2D eigenvalue weighted by atomic mass is 9.85. The molecule has 4 rings (SSSR count). The second-order valence-electron chi connectivity index (χ2n) is 5.90. The maximum absolute atomic E-state index is 14.0. The third-order valence-corrected chi connectivity index (χ3v) is 4.85. The molecule has 2 amide bonds. The third-order valence-electron chi connectivity index (χ3n) is 4.85. The first kappa shape index (κ1) is 13.1. The SMILES string of the molecule is O=C1[C@@H]2[C@H](C(=O)N1c1cc([N+](=O)[O-])ccc1F)[C@@H]1C=C[C@@H]2C1. The quantitative estimate of drug-likeness (QED) is 0.362. The Morgan fingerprint density at radius 3 is 2.27 bits per heavy atom. The van der Waals surface area contributed by atoms with E-state index < -0.39 is 34.4 Å². The van der Waals surface area contributed by atoms with E-state index in [1.807, 2.05) is 12.2 Å². The van der Waals surface area contributed by atoms with Gasteiger partial charge in [-0.1, -0.05) is 12.2 Å². The molecule has 1 aromatic carbocycles. The number of carbonyl (C=O) groups excluding carboxylic acids is 2. The summed E-state index contributed by atoms with van der Waals surface area (Å²) in [4.78, 5) is 36.1. The fraction of sp³-hybridized carbons (Fsp3) is 0.333. The van der Waals surface area contributed by atoms with Crippen LogP contribution in [0.4, 0.5) is 15.8 Å². The smallest absolute Gasteiger partial charge is 0.271 e. The third kappa shape index (κ3) is 1.53. The monoisotopic (exact) mass is 302 g/mol. The average molecular weight is 302 g/mol. The van der Waals surface area contributed by atoms with Crippen molar-refractivity contribution in [1.29, 1.82) is 0 Å². The van der Waals surface area contributed by atoms with Crippen LogP contribution in [0.5, 0.6) is 0 Å². The Labute approximate surface area is 124 Å². The zero-order chi connectivity index (χ0) is 15.6. The zero-order valence-corrected chi connectivity index (χ0v) is 11.3. The average Bonchev–Trinajstić information content (AvgIpc) is 3.14. The number of allylic oxidation sites excluding steroid dienone is 2.